The van der Waals surface area contributed by atoms with Crippen LogP contribution in [0.5, 0.6) is 0 Å². The van der Waals surface area contributed by atoms with Gasteiger partial charge in [-0.1, -0.05) is 29.3 Å². The number of halogens is 4. The van der Waals surface area contributed by atoms with Gasteiger partial charge in [0.15, 0.2) is 5.72 Å². The van der Waals surface area contributed by atoms with Crippen molar-refractivity contribution in [2.45, 2.75) is 31.2 Å². The van der Waals surface area contributed by atoms with Crippen molar-refractivity contribution in [3.63, 3.8) is 0 Å². The molecule has 9 heteroatoms. The van der Waals surface area contributed by atoms with Crippen molar-refractivity contribution in [2.75, 3.05) is 13.1 Å². The quantitative estimate of drug-likeness (QED) is 0.607. The van der Waals surface area contributed by atoms with Crippen molar-refractivity contribution < 1.29 is 9.90 Å². The Balaban J connectivity index is 0.00000196. The number of carbonyl (C=O) groups is 1. The predicted octanol–water partition coefficient (Wildman–Crippen LogP) is 3.83. The molecule has 1 saturated heterocycles. The summed E-state index contributed by atoms with van der Waals surface area (Å²) in [4.78, 5) is 17.9. The zero-order chi connectivity index (χ0) is 18.6. The molecular weight excluding hydrogens is 444 g/mol. The smallest absolute Gasteiger partial charge is 0.167 e. The van der Waals surface area contributed by atoms with E-state index in [0.29, 0.717) is 22.2 Å². The Morgan fingerprint density at radius 1 is 1.14 bits per heavy atom. The Morgan fingerprint density at radius 3 is 2.36 bits per heavy atom. The maximum absolute atomic E-state index is 11.9. The first-order valence-electron chi connectivity index (χ1n) is 8.56. The lowest BCUT2D eigenvalue weighted by Gasteiger charge is -2.41. The third-order valence-corrected chi connectivity index (χ3v) is 5.51. The molecule has 0 saturated carbocycles. The number of aliphatic hydroxyl groups is 1. The molecule has 0 bridgehead atoms. The summed E-state index contributed by atoms with van der Waals surface area (Å²) in [5.41, 5.74) is 0.0927. The number of hydrogen-bond donors (Lipinski definition) is 2. The number of aromatic nitrogens is 1. The molecule has 1 aliphatic heterocycles. The van der Waals surface area contributed by atoms with Crippen LogP contribution in [-0.4, -0.2) is 40.4 Å². The minimum absolute atomic E-state index is 0. The molecule has 2 heterocycles. The number of likely N-dealkylation sites (tertiary alicyclic amines) is 1. The van der Waals surface area contributed by atoms with E-state index in [9.17, 15) is 9.90 Å². The van der Waals surface area contributed by atoms with Gasteiger partial charge in [-0.05, 0) is 42.7 Å². The number of benzene rings is 1. The van der Waals surface area contributed by atoms with Crippen LogP contribution in [0.3, 0.4) is 0 Å². The van der Waals surface area contributed by atoms with Gasteiger partial charge >= 0.3 is 0 Å². The average Bonchev–Trinajstić information content (AvgIpc) is 3.21. The van der Waals surface area contributed by atoms with Crippen molar-refractivity contribution >= 4 is 54.3 Å². The van der Waals surface area contributed by atoms with E-state index >= 15 is 0 Å². The van der Waals surface area contributed by atoms with Gasteiger partial charge in [-0.3, -0.25) is 15.2 Å². The van der Waals surface area contributed by atoms with Gasteiger partial charge in [-0.15, -0.1) is 24.8 Å². The third-order valence-electron chi connectivity index (χ3n) is 4.77. The van der Waals surface area contributed by atoms with E-state index in [1.165, 1.54) is 0 Å². The van der Waals surface area contributed by atoms with Crippen molar-refractivity contribution in [1.29, 1.82) is 0 Å². The molecule has 1 aromatic carbocycles. The number of carbonyl (C=O) groups excluding carboxylic acids is 1. The van der Waals surface area contributed by atoms with E-state index in [4.69, 9.17) is 23.2 Å². The van der Waals surface area contributed by atoms with Gasteiger partial charge in [0.05, 0.1) is 10.0 Å². The van der Waals surface area contributed by atoms with Crippen LogP contribution in [0.1, 0.15) is 24.0 Å². The summed E-state index contributed by atoms with van der Waals surface area (Å²) in [6.07, 6.45) is 5.99. The largest absolute Gasteiger partial charge is 0.369 e. The van der Waals surface area contributed by atoms with Crippen LogP contribution in [-0.2, 0) is 17.1 Å². The second-order valence-electron chi connectivity index (χ2n) is 6.40. The van der Waals surface area contributed by atoms with Crippen molar-refractivity contribution in [2.24, 2.45) is 0 Å². The van der Waals surface area contributed by atoms with Crippen LogP contribution < -0.4 is 5.32 Å². The third kappa shape index (κ3) is 5.36. The molecule has 0 spiro atoms. The Bertz CT molecular complexity index is 760. The number of pyridine rings is 1. The van der Waals surface area contributed by atoms with Gasteiger partial charge < -0.3 is 9.90 Å². The highest BCUT2D eigenvalue weighted by atomic mass is 35.5. The zero-order valence-corrected chi connectivity index (χ0v) is 18.2. The van der Waals surface area contributed by atoms with Gasteiger partial charge in [0, 0.05) is 37.6 Å². The Labute approximate surface area is 187 Å². The minimum Gasteiger partial charge on any atom is -0.369 e. The SMILES string of the molecule is Cl.Cl.O=C[C@H](NCc1ccc(Cl)c(Cl)c1)[C@@](O)(c1ccncc1)N1CCCC1. The molecular formula is C19H23Cl4N3O2. The number of nitrogens with one attached hydrogen (secondary N) is 1. The van der Waals surface area contributed by atoms with Crippen LogP contribution in [0, 0.1) is 0 Å². The molecule has 1 aliphatic rings. The first kappa shape index (κ1) is 25.1. The summed E-state index contributed by atoms with van der Waals surface area (Å²) in [6.45, 7) is 1.84. The number of aldehydes is 1. The fourth-order valence-electron chi connectivity index (χ4n) is 3.38. The van der Waals surface area contributed by atoms with E-state index in [0.717, 1.165) is 37.8 Å². The van der Waals surface area contributed by atoms with Gasteiger partial charge in [0.2, 0.25) is 0 Å². The van der Waals surface area contributed by atoms with Crippen molar-refractivity contribution in [3.8, 4) is 0 Å². The van der Waals surface area contributed by atoms with Gasteiger partial charge in [0.1, 0.15) is 12.3 Å². The Kier molecular flexibility index (Phi) is 10.1. The van der Waals surface area contributed by atoms with Crippen LogP contribution in [0.2, 0.25) is 10.0 Å². The second kappa shape index (κ2) is 11.3. The molecule has 0 amide bonds. The van der Waals surface area contributed by atoms with Gasteiger partial charge in [-0.2, -0.15) is 0 Å². The van der Waals surface area contributed by atoms with Gasteiger partial charge in [0.25, 0.3) is 0 Å². The normalized spacial score (nSPS) is 17.1. The summed E-state index contributed by atoms with van der Waals surface area (Å²) in [7, 11) is 0. The van der Waals surface area contributed by atoms with E-state index in [1.807, 2.05) is 11.0 Å². The maximum atomic E-state index is 11.9. The van der Waals surface area contributed by atoms with Crippen LogP contribution in [0.25, 0.3) is 0 Å². The summed E-state index contributed by atoms with van der Waals surface area (Å²) >= 11 is 12.0. The summed E-state index contributed by atoms with van der Waals surface area (Å²) in [6, 6.07) is 7.99. The molecule has 154 valence electrons. The fourth-order valence-corrected chi connectivity index (χ4v) is 3.70. The molecule has 2 N–H and O–H groups in total. The highest BCUT2D eigenvalue weighted by Crippen LogP contribution is 2.32. The summed E-state index contributed by atoms with van der Waals surface area (Å²) < 4.78 is 0. The molecule has 0 radical (unpaired) electrons. The Morgan fingerprint density at radius 2 is 1.79 bits per heavy atom. The monoisotopic (exact) mass is 465 g/mol. The molecule has 0 aliphatic carbocycles. The highest BCUT2D eigenvalue weighted by molar-refractivity contribution is 6.42. The maximum Gasteiger partial charge on any atom is 0.167 e. The molecule has 1 fully saturated rings. The highest BCUT2D eigenvalue weighted by Gasteiger charge is 2.44. The molecule has 1 aromatic heterocycles. The van der Waals surface area contributed by atoms with E-state index < -0.39 is 11.8 Å². The molecule has 2 atom stereocenters. The lowest BCUT2D eigenvalue weighted by molar-refractivity contribution is -0.145. The standard InChI is InChI=1S/C19H21Cl2N3O2.2ClH/c20-16-4-3-14(11-17(16)21)12-23-18(13-25)19(26,24-9-1-2-10-24)15-5-7-22-8-6-15;;/h3-8,11,13,18,23,26H,1-2,9-10,12H2;2*1H/t18-,19-;;/m0../s1. The minimum atomic E-state index is -1.43. The van der Waals surface area contributed by atoms with Crippen LogP contribution in [0.15, 0.2) is 42.7 Å². The molecule has 3 rings (SSSR count). The molecule has 2 aromatic rings. The molecule has 28 heavy (non-hydrogen) atoms. The average molecular weight is 467 g/mol. The van der Waals surface area contributed by atoms with Crippen molar-refractivity contribution in [1.82, 2.24) is 15.2 Å². The Hall–Kier alpha value is -0.920. The second-order valence-corrected chi connectivity index (χ2v) is 7.21. The van der Waals surface area contributed by atoms with E-state index in [-0.39, 0.29) is 24.8 Å². The summed E-state index contributed by atoms with van der Waals surface area (Å²) in [5.74, 6) is 0. The number of rotatable bonds is 7. The van der Waals surface area contributed by atoms with Gasteiger partial charge in [-0.25, -0.2) is 0 Å². The topological polar surface area (TPSA) is 65.5 Å². The first-order chi connectivity index (χ1) is 12.6. The predicted molar refractivity (Wildman–Crippen MR) is 117 cm³/mol. The van der Waals surface area contributed by atoms with Crippen LogP contribution >= 0.6 is 48.0 Å². The van der Waals surface area contributed by atoms with E-state index in [1.54, 1.807) is 36.7 Å². The summed E-state index contributed by atoms with van der Waals surface area (Å²) in [5, 5.41) is 15.7. The number of nitrogens with zero attached hydrogens (tertiary/aromatic N) is 2. The molecule has 0 unspecified atom stereocenters. The van der Waals surface area contributed by atoms with Crippen molar-refractivity contribution in [3.05, 3.63) is 63.9 Å². The lowest BCUT2D eigenvalue weighted by Crippen LogP contribution is -2.59. The number of hydrogen-bond acceptors (Lipinski definition) is 5. The zero-order valence-electron chi connectivity index (χ0n) is 15.1. The van der Waals surface area contributed by atoms with Crippen LogP contribution in [0.4, 0.5) is 0 Å². The fraction of sp³-hybridized carbons (Fsp3) is 0.368. The van der Waals surface area contributed by atoms with E-state index in [2.05, 4.69) is 10.3 Å². The molecule has 5 nitrogen and oxygen atoms in total. The first-order valence-corrected chi connectivity index (χ1v) is 9.32. The lowest BCUT2D eigenvalue weighted by atomic mass is 9.94.